The molecule has 0 saturated carbocycles. The van der Waals surface area contributed by atoms with Gasteiger partial charge in [-0.05, 0) is 37.5 Å². The summed E-state index contributed by atoms with van der Waals surface area (Å²) < 4.78 is 10.7. The third-order valence-corrected chi connectivity index (χ3v) is 4.93. The number of likely N-dealkylation sites (tertiary alicyclic amines) is 1. The molecule has 1 N–H and O–H groups in total. The maximum Gasteiger partial charge on any atom is 0.231 e. The summed E-state index contributed by atoms with van der Waals surface area (Å²) in [7, 11) is 0. The maximum absolute atomic E-state index is 12.6. The van der Waals surface area contributed by atoms with Gasteiger partial charge < -0.3 is 19.7 Å². The van der Waals surface area contributed by atoms with E-state index < -0.39 is 0 Å². The molecule has 0 aromatic heterocycles. The molecule has 2 aliphatic rings. The lowest BCUT2D eigenvalue weighted by molar-refractivity contribution is -0.138. The number of rotatable bonds is 4. The molecule has 0 aliphatic carbocycles. The number of hydrogen-bond acceptors (Lipinski definition) is 4. The van der Waals surface area contributed by atoms with Gasteiger partial charge in [0.05, 0.1) is 6.04 Å². The van der Waals surface area contributed by atoms with Crippen molar-refractivity contribution in [2.24, 2.45) is 11.8 Å². The molecule has 2 heterocycles. The van der Waals surface area contributed by atoms with Gasteiger partial charge in [0.2, 0.25) is 18.6 Å². The van der Waals surface area contributed by atoms with Gasteiger partial charge in [-0.2, -0.15) is 0 Å². The Morgan fingerprint density at radius 2 is 1.80 bits per heavy atom. The Morgan fingerprint density at radius 3 is 2.48 bits per heavy atom. The first kappa shape index (κ1) is 17.6. The number of benzene rings is 1. The van der Waals surface area contributed by atoms with Crippen molar-refractivity contribution in [1.29, 1.82) is 0 Å². The largest absolute Gasteiger partial charge is 0.454 e. The molecule has 6 heteroatoms. The molecular formula is C19H26N2O4. The van der Waals surface area contributed by atoms with Crippen LogP contribution in [-0.2, 0) is 9.59 Å². The average molecular weight is 346 g/mol. The van der Waals surface area contributed by atoms with Crippen LogP contribution in [0.1, 0.15) is 45.2 Å². The first-order valence-electron chi connectivity index (χ1n) is 8.94. The third-order valence-electron chi connectivity index (χ3n) is 4.93. The summed E-state index contributed by atoms with van der Waals surface area (Å²) in [6.45, 7) is 7.35. The normalized spacial score (nSPS) is 18.3. The molecule has 1 saturated heterocycles. The van der Waals surface area contributed by atoms with Crippen LogP contribution in [0.15, 0.2) is 18.2 Å². The van der Waals surface area contributed by atoms with Gasteiger partial charge >= 0.3 is 0 Å². The van der Waals surface area contributed by atoms with E-state index in [0.29, 0.717) is 13.1 Å². The minimum atomic E-state index is -0.0997. The van der Waals surface area contributed by atoms with Crippen LogP contribution in [0.5, 0.6) is 11.5 Å². The number of nitrogens with zero attached hydrogens (tertiary/aromatic N) is 1. The van der Waals surface area contributed by atoms with Gasteiger partial charge in [0.15, 0.2) is 11.5 Å². The monoisotopic (exact) mass is 346 g/mol. The van der Waals surface area contributed by atoms with Gasteiger partial charge in [-0.3, -0.25) is 9.59 Å². The van der Waals surface area contributed by atoms with Gasteiger partial charge in [-0.25, -0.2) is 0 Å². The third kappa shape index (κ3) is 3.89. The first-order valence-corrected chi connectivity index (χ1v) is 8.94. The standard InChI is InChI=1S/C19H26N2O4/c1-12(2)19(23)21-8-6-14(7-9-21)18(22)20-13(3)15-4-5-16-17(10-15)25-11-24-16/h4-5,10,12-14H,6-9,11H2,1-3H3,(H,20,22). The minimum Gasteiger partial charge on any atom is -0.454 e. The maximum atomic E-state index is 12.6. The van der Waals surface area contributed by atoms with Crippen molar-refractivity contribution < 1.29 is 19.1 Å². The fourth-order valence-corrected chi connectivity index (χ4v) is 3.32. The van der Waals surface area contributed by atoms with Gasteiger partial charge in [0.1, 0.15) is 0 Å². The van der Waals surface area contributed by atoms with Crippen molar-refractivity contribution in [3.05, 3.63) is 23.8 Å². The smallest absolute Gasteiger partial charge is 0.231 e. The van der Waals surface area contributed by atoms with Crippen LogP contribution >= 0.6 is 0 Å². The Balaban J connectivity index is 1.53. The van der Waals surface area contributed by atoms with Gasteiger partial charge in [-0.1, -0.05) is 19.9 Å². The average Bonchev–Trinajstić information content (AvgIpc) is 3.08. The Bertz CT molecular complexity index is 651. The van der Waals surface area contributed by atoms with Crippen LogP contribution in [0.4, 0.5) is 0 Å². The van der Waals surface area contributed by atoms with E-state index >= 15 is 0 Å². The van der Waals surface area contributed by atoms with E-state index in [1.54, 1.807) is 0 Å². The topological polar surface area (TPSA) is 67.9 Å². The molecule has 2 amide bonds. The highest BCUT2D eigenvalue weighted by Crippen LogP contribution is 2.34. The van der Waals surface area contributed by atoms with Crippen molar-refractivity contribution in [3.63, 3.8) is 0 Å². The van der Waals surface area contributed by atoms with Crippen molar-refractivity contribution in [3.8, 4) is 11.5 Å². The Hall–Kier alpha value is -2.24. The van der Waals surface area contributed by atoms with E-state index in [9.17, 15) is 9.59 Å². The lowest BCUT2D eigenvalue weighted by Gasteiger charge is -2.33. The number of hydrogen-bond donors (Lipinski definition) is 1. The summed E-state index contributed by atoms with van der Waals surface area (Å²) in [5.41, 5.74) is 0.991. The molecule has 0 spiro atoms. The predicted octanol–water partition coefficient (Wildman–Crippen LogP) is 2.49. The first-order chi connectivity index (χ1) is 12.0. The van der Waals surface area contributed by atoms with E-state index in [-0.39, 0.29) is 36.5 Å². The Morgan fingerprint density at radius 1 is 1.12 bits per heavy atom. The summed E-state index contributed by atoms with van der Waals surface area (Å²) in [4.78, 5) is 26.5. The molecule has 3 rings (SSSR count). The van der Waals surface area contributed by atoms with Crippen LogP contribution in [0, 0.1) is 11.8 Å². The number of fused-ring (bicyclic) bond motifs is 1. The van der Waals surface area contributed by atoms with Crippen LogP contribution < -0.4 is 14.8 Å². The molecule has 1 aromatic carbocycles. The highest BCUT2D eigenvalue weighted by atomic mass is 16.7. The molecular weight excluding hydrogens is 320 g/mol. The highest BCUT2D eigenvalue weighted by Gasteiger charge is 2.29. The molecule has 1 fully saturated rings. The predicted molar refractivity (Wildman–Crippen MR) is 93.3 cm³/mol. The zero-order valence-electron chi connectivity index (χ0n) is 15.1. The molecule has 136 valence electrons. The molecule has 1 aromatic rings. The van der Waals surface area contributed by atoms with Crippen molar-refractivity contribution in [2.45, 2.75) is 39.7 Å². The van der Waals surface area contributed by atoms with Gasteiger partial charge in [0.25, 0.3) is 0 Å². The van der Waals surface area contributed by atoms with Crippen LogP contribution in [0.3, 0.4) is 0 Å². The highest BCUT2D eigenvalue weighted by molar-refractivity contribution is 5.81. The summed E-state index contributed by atoms with van der Waals surface area (Å²) >= 11 is 0. The second-order valence-electron chi connectivity index (χ2n) is 7.10. The molecule has 1 atom stereocenters. The number of carbonyl (C=O) groups excluding carboxylic acids is 2. The SMILES string of the molecule is CC(C)C(=O)N1CCC(C(=O)NC(C)c2ccc3c(c2)OCO3)CC1. The molecule has 0 bridgehead atoms. The van der Waals surface area contributed by atoms with E-state index in [4.69, 9.17) is 9.47 Å². The number of piperidine rings is 1. The van der Waals surface area contributed by atoms with Gasteiger partial charge in [-0.15, -0.1) is 0 Å². The number of nitrogens with one attached hydrogen (secondary N) is 1. The quantitative estimate of drug-likeness (QED) is 0.909. The molecule has 2 aliphatic heterocycles. The van der Waals surface area contributed by atoms with E-state index in [2.05, 4.69) is 5.32 Å². The molecule has 1 unspecified atom stereocenters. The number of amides is 2. The molecule has 0 radical (unpaired) electrons. The lowest BCUT2D eigenvalue weighted by Crippen LogP contribution is -2.44. The molecule has 25 heavy (non-hydrogen) atoms. The summed E-state index contributed by atoms with van der Waals surface area (Å²) in [6, 6.07) is 5.63. The zero-order chi connectivity index (χ0) is 18.0. The van der Waals surface area contributed by atoms with Crippen molar-refractivity contribution >= 4 is 11.8 Å². The molecule has 6 nitrogen and oxygen atoms in total. The van der Waals surface area contributed by atoms with E-state index in [0.717, 1.165) is 29.9 Å². The number of carbonyl (C=O) groups is 2. The van der Waals surface area contributed by atoms with Crippen LogP contribution in [0.25, 0.3) is 0 Å². The minimum absolute atomic E-state index is 0.0106. The second kappa shape index (κ2) is 7.33. The Kier molecular flexibility index (Phi) is 5.16. The van der Waals surface area contributed by atoms with Crippen molar-refractivity contribution in [2.75, 3.05) is 19.9 Å². The second-order valence-corrected chi connectivity index (χ2v) is 7.10. The fourth-order valence-electron chi connectivity index (χ4n) is 3.32. The lowest BCUT2D eigenvalue weighted by atomic mass is 9.94. The zero-order valence-corrected chi connectivity index (χ0v) is 15.1. The fraction of sp³-hybridized carbons (Fsp3) is 0.579. The Labute approximate surface area is 148 Å². The number of ether oxygens (including phenoxy) is 2. The van der Waals surface area contributed by atoms with E-state index in [1.165, 1.54) is 0 Å². The van der Waals surface area contributed by atoms with E-state index in [1.807, 2.05) is 43.9 Å². The summed E-state index contributed by atoms with van der Waals surface area (Å²) in [5, 5.41) is 3.09. The van der Waals surface area contributed by atoms with Gasteiger partial charge in [0, 0.05) is 24.9 Å². The summed E-state index contributed by atoms with van der Waals surface area (Å²) in [5.74, 6) is 1.67. The summed E-state index contributed by atoms with van der Waals surface area (Å²) in [6.07, 6.45) is 1.44. The van der Waals surface area contributed by atoms with Crippen LogP contribution in [-0.4, -0.2) is 36.6 Å². The van der Waals surface area contributed by atoms with Crippen molar-refractivity contribution in [1.82, 2.24) is 10.2 Å². The van der Waals surface area contributed by atoms with Crippen LogP contribution in [0.2, 0.25) is 0 Å².